The number of aliphatic hydroxyl groups is 1. The van der Waals surface area contributed by atoms with Crippen molar-refractivity contribution in [2.75, 3.05) is 25.5 Å². The molecule has 10 heteroatoms. The molecule has 0 spiro atoms. The van der Waals surface area contributed by atoms with Crippen LogP contribution < -0.4 is 0 Å². The van der Waals surface area contributed by atoms with E-state index in [1.54, 1.807) is 11.5 Å². The predicted molar refractivity (Wildman–Crippen MR) is 158 cm³/mol. The van der Waals surface area contributed by atoms with Gasteiger partial charge in [0.05, 0.1) is 17.6 Å². The zero-order valence-electron chi connectivity index (χ0n) is 23.8. The molecule has 1 aliphatic heterocycles. The number of benzene rings is 1. The molecule has 40 heavy (non-hydrogen) atoms. The van der Waals surface area contributed by atoms with Gasteiger partial charge in [0.2, 0.25) is 5.91 Å². The number of rotatable bonds is 15. The van der Waals surface area contributed by atoms with Crippen LogP contribution in [-0.4, -0.2) is 70.5 Å². The number of likely N-dealkylation sites (tertiary alicyclic amines) is 1. The lowest BCUT2D eigenvalue weighted by molar-refractivity contribution is -0.156. The van der Waals surface area contributed by atoms with Crippen molar-refractivity contribution in [1.29, 1.82) is 0 Å². The maximum Gasteiger partial charge on any atom is 0.357 e. The molecule has 0 aliphatic carbocycles. The second-order valence-electron chi connectivity index (χ2n) is 10.2. The van der Waals surface area contributed by atoms with Crippen LogP contribution in [0.3, 0.4) is 0 Å². The van der Waals surface area contributed by atoms with Crippen molar-refractivity contribution < 1.29 is 29.0 Å². The average Bonchev–Trinajstić information content (AvgIpc) is 3.56. The molecular weight excluding hydrogens is 548 g/mol. The van der Waals surface area contributed by atoms with Gasteiger partial charge in [-0.15, -0.1) is 11.3 Å². The topological polar surface area (TPSA) is 106 Å². The van der Waals surface area contributed by atoms with Crippen LogP contribution in [0, 0.1) is 12.3 Å². The number of aromatic nitrogens is 1. The molecule has 8 nitrogen and oxygen atoms in total. The number of hydrogen-bond donors (Lipinski definition) is 1. The minimum absolute atomic E-state index is 0.00827. The van der Waals surface area contributed by atoms with E-state index >= 15 is 0 Å². The summed E-state index contributed by atoms with van der Waals surface area (Å²) in [5.74, 6) is -0.107. The molecule has 1 aliphatic rings. The van der Waals surface area contributed by atoms with Crippen LogP contribution in [0.15, 0.2) is 46.1 Å². The van der Waals surface area contributed by atoms with Crippen molar-refractivity contribution >= 4 is 40.9 Å². The summed E-state index contributed by atoms with van der Waals surface area (Å²) in [6.07, 6.45) is 6.24. The second-order valence-corrected chi connectivity index (χ2v) is 12.4. The molecule has 0 saturated carbocycles. The van der Waals surface area contributed by atoms with Crippen LogP contribution >= 0.6 is 23.1 Å². The number of ether oxygens (including phenoxy) is 2. The van der Waals surface area contributed by atoms with Gasteiger partial charge in [-0.05, 0) is 38.7 Å². The summed E-state index contributed by atoms with van der Waals surface area (Å²) in [6, 6.07) is 8.05. The number of esters is 2. The van der Waals surface area contributed by atoms with Crippen molar-refractivity contribution in [1.82, 2.24) is 9.88 Å². The molecule has 1 aromatic carbocycles. The van der Waals surface area contributed by atoms with E-state index in [0.29, 0.717) is 42.3 Å². The molecule has 1 fully saturated rings. The van der Waals surface area contributed by atoms with E-state index in [-0.39, 0.29) is 36.8 Å². The van der Waals surface area contributed by atoms with Gasteiger partial charge < -0.3 is 19.5 Å². The van der Waals surface area contributed by atoms with Gasteiger partial charge in [0.25, 0.3) is 0 Å². The van der Waals surface area contributed by atoms with Gasteiger partial charge in [0.1, 0.15) is 13.2 Å². The summed E-state index contributed by atoms with van der Waals surface area (Å²) in [4.78, 5) is 43.2. The fourth-order valence-electron chi connectivity index (χ4n) is 4.36. The van der Waals surface area contributed by atoms with E-state index in [1.807, 2.05) is 56.9 Å². The van der Waals surface area contributed by atoms with Crippen LogP contribution in [0.2, 0.25) is 0 Å². The third kappa shape index (κ3) is 9.17. The molecule has 1 N–H and O–H groups in total. The lowest BCUT2D eigenvalue weighted by Gasteiger charge is -2.23. The Hall–Kier alpha value is -2.69. The van der Waals surface area contributed by atoms with Crippen molar-refractivity contribution in [3.8, 4) is 0 Å². The fraction of sp³-hybridized carbons (Fsp3) is 0.533. The Balaban J connectivity index is 1.40. The minimum Gasteiger partial charge on any atom is -0.462 e. The van der Waals surface area contributed by atoms with E-state index in [1.165, 1.54) is 23.1 Å². The maximum absolute atomic E-state index is 12.5. The highest BCUT2D eigenvalue weighted by atomic mass is 32.2. The molecule has 1 aromatic heterocycles. The number of carbonyl (C=O) groups excluding carboxylic acids is 3. The summed E-state index contributed by atoms with van der Waals surface area (Å²) >= 11 is 2.83. The standard InChI is InChI=1S/C30H40N2O6S2/c1-5-30(4,6-2)28(36)38-16-15-37-27(35)25-20-40-29(31-25)39-17-14-32-23(11-13-26(32)34)10-12-24(33)19-22-9-7-8-21(3)18-22/h7-10,12,18,20,23-24,33H,5-6,11,13-17,19H2,1-4H3/t23-,24+/m0/s1. The molecule has 3 rings (SSSR count). The van der Waals surface area contributed by atoms with E-state index in [9.17, 15) is 19.5 Å². The molecule has 1 saturated heterocycles. The molecule has 218 valence electrons. The van der Waals surface area contributed by atoms with Crippen LogP contribution in [-0.2, 0) is 25.5 Å². The van der Waals surface area contributed by atoms with Gasteiger partial charge in [-0.3, -0.25) is 9.59 Å². The highest BCUT2D eigenvalue weighted by Crippen LogP contribution is 2.27. The monoisotopic (exact) mass is 588 g/mol. The van der Waals surface area contributed by atoms with Gasteiger partial charge in [-0.1, -0.05) is 67.6 Å². The number of amides is 1. The first-order valence-corrected chi connectivity index (χ1v) is 15.7. The average molecular weight is 589 g/mol. The Labute approximate surface area is 245 Å². The Kier molecular flexibility index (Phi) is 12.2. The zero-order valence-corrected chi connectivity index (χ0v) is 25.4. The molecule has 2 atom stereocenters. The van der Waals surface area contributed by atoms with Gasteiger partial charge >= 0.3 is 11.9 Å². The summed E-state index contributed by atoms with van der Waals surface area (Å²) in [5, 5.41) is 12.1. The third-order valence-electron chi connectivity index (χ3n) is 7.31. The second kappa shape index (κ2) is 15.3. The van der Waals surface area contributed by atoms with Crippen LogP contribution in [0.1, 0.15) is 68.1 Å². The van der Waals surface area contributed by atoms with Crippen molar-refractivity contribution in [2.24, 2.45) is 5.41 Å². The van der Waals surface area contributed by atoms with Crippen LogP contribution in [0.5, 0.6) is 0 Å². The van der Waals surface area contributed by atoms with Gasteiger partial charge in [0.15, 0.2) is 10.0 Å². The lowest BCUT2D eigenvalue weighted by atomic mass is 9.85. The first kappa shape index (κ1) is 31.8. The van der Waals surface area contributed by atoms with E-state index < -0.39 is 17.5 Å². The number of aryl methyl sites for hydroxylation is 1. The quantitative estimate of drug-likeness (QED) is 0.131. The summed E-state index contributed by atoms with van der Waals surface area (Å²) in [7, 11) is 0. The van der Waals surface area contributed by atoms with Gasteiger partial charge in [-0.2, -0.15) is 0 Å². The van der Waals surface area contributed by atoms with E-state index in [4.69, 9.17) is 9.47 Å². The largest absolute Gasteiger partial charge is 0.462 e. The van der Waals surface area contributed by atoms with Crippen molar-refractivity contribution in [2.45, 2.75) is 76.3 Å². The molecular formula is C30H40N2O6S2. The Morgan fingerprint density at radius 3 is 2.75 bits per heavy atom. The highest BCUT2D eigenvalue weighted by Gasteiger charge is 2.31. The minimum atomic E-state index is -0.609. The molecule has 0 unspecified atom stereocenters. The maximum atomic E-state index is 12.5. The van der Waals surface area contributed by atoms with Crippen molar-refractivity contribution in [3.63, 3.8) is 0 Å². The van der Waals surface area contributed by atoms with Crippen LogP contribution in [0.4, 0.5) is 0 Å². The summed E-state index contributed by atoms with van der Waals surface area (Å²) in [5.41, 5.74) is 1.93. The fourth-order valence-corrected chi connectivity index (χ4v) is 6.16. The van der Waals surface area contributed by atoms with Gasteiger partial charge in [-0.25, -0.2) is 9.78 Å². The Morgan fingerprint density at radius 1 is 1.27 bits per heavy atom. The number of hydrogen-bond acceptors (Lipinski definition) is 9. The summed E-state index contributed by atoms with van der Waals surface area (Å²) < 4.78 is 11.2. The Morgan fingerprint density at radius 2 is 2.02 bits per heavy atom. The number of nitrogens with zero attached hydrogens (tertiary/aromatic N) is 2. The van der Waals surface area contributed by atoms with Crippen molar-refractivity contribution in [3.05, 3.63) is 58.6 Å². The zero-order chi connectivity index (χ0) is 29.1. The Bertz CT molecular complexity index is 1180. The van der Waals surface area contributed by atoms with Crippen LogP contribution in [0.25, 0.3) is 0 Å². The molecule has 0 radical (unpaired) electrons. The first-order valence-electron chi connectivity index (χ1n) is 13.8. The number of thioether (sulfide) groups is 1. The normalized spacial score (nSPS) is 16.5. The number of aliphatic hydroxyl groups excluding tert-OH is 1. The molecule has 1 amide bonds. The predicted octanol–water partition coefficient (Wildman–Crippen LogP) is 5.22. The first-order chi connectivity index (χ1) is 19.1. The number of thiazole rings is 1. The number of carbonyl (C=O) groups is 3. The highest BCUT2D eigenvalue weighted by molar-refractivity contribution is 8.01. The van der Waals surface area contributed by atoms with E-state index in [2.05, 4.69) is 11.1 Å². The van der Waals surface area contributed by atoms with Gasteiger partial charge in [0, 0.05) is 30.5 Å². The third-order valence-corrected chi connectivity index (χ3v) is 9.31. The lowest BCUT2D eigenvalue weighted by Crippen LogP contribution is -2.33. The summed E-state index contributed by atoms with van der Waals surface area (Å²) in [6.45, 7) is 8.31. The van der Waals surface area contributed by atoms with E-state index in [0.717, 1.165) is 17.5 Å². The molecule has 0 bridgehead atoms. The molecule has 2 heterocycles. The molecule has 2 aromatic rings. The smallest absolute Gasteiger partial charge is 0.357 e. The SMILES string of the molecule is CCC(C)(CC)C(=O)OCCOC(=O)c1csc(SCCN2C(=O)CC[C@@H]2C=C[C@@H](O)Cc2cccc(C)c2)n1.